The molecule has 2 heterocycles. The first kappa shape index (κ1) is 18.1. The summed E-state index contributed by atoms with van der Waals surface area (Å²) in [7, 11) is 0. The average molecular weight is 396 g/mol. The third-order valence-electron chi connectivity index (χ3n) is 4.72. The molecule has 27 heavy (non-hydrogen) atoms. The molecule has 2 aromatic heterocycles. The normalized spacial score (nSPS) is 19.9. The fourth-order valence-corrected chi connectivity index (χ4v) is 3.44. The second kappa shape index (κ2) is 7.05. The van der Waals surface area contributed by atoms with E-state index in [1.54, 1.807) is 6.20 Å². The van der Waals surface area contributed by atoms with Crippen molar-refractivity contribution >= 4 is 17.2 Å². The molecule has 1 aliphatic carbocycles. The Morgan fingerprint density at radius 1 is 1.22 bits per heavy atom. The lowest BCUT2D eigenvalue weighted by Gasteiger charge is -2.36. The van der Waals surface area contributed by atoms with E-state index in [4.69, 9.17) is 16.3 Å². The Morgan fingerprint density at radius 2 is 2.04 bits per heavy atom. The Bertz CT molecular complexity index is 951. The van der Waals surface area contributed by atoms with Gasteiger partial charge < -0.3 is 14.5 Å². The van der Waals surface area contributed by atoms with Crippen LogP contribution in [0.3, 0.4) is 0 Å². The van der Waals surface area contributed by atoms with Gasteiger partial charge in [-0.05, 0) is 37.1 Å². The molecule has 0 spiro atoms. The molecule has 1 aliphatic rings. The van der Waals surface area contributed by atoms with Gasteiger partial charge >= 0.3 is 6.18 Å². The average Bonchev–Trinajstić information content (AvgIpc) is 3.06. The predicted octanol–water partition coefficient (Wildman–Crippen LogP) is 4.71. The van der Waals surface area contributed by atoms with Crippen LogP contribution in [0.1, 0.15) is 24.0 Å². The largest absolute Gasteiger partial charge is 0.490 e. The summed E-state index contributed by atoms with van der Waals surface area (Å²) in [6, 6.07) is 7.91. The summed E-state index contributed by atoms with van der Waals surface area (Å²) in [4.78, 5) is 4.34. The molecule has 1 aromatic carbocycles. The van der Waals surface area contributed by atoms with Crippen LogP contribution < -0.4 is 10.1 Å². The fourth-order valence-electron chi connectivity index (χ4n) is 3.22. The number of hydrogen-bond donors (Lipinski definition) is 1. The van der Waals surface area contributed by atoms with Crippen molar-refractivity contribution in [2.45, 2.75) is 37.7 Å². The monoisotopic (exact) mass is 395 g/mol. The van der Waals surface area contributed by atoms with Gasteiger partial charge in [0.15, 0.2) is 0 Å². The first-order valence-electron chi connectivity index (χ1n) is 8.57. The van der Waals surface area contributed by atoms with Crippen LogP contribution in [0.25, 0.3) is 5.65 Å². The lowest BCUT2D eigenvalue weighted by molar-refractivity contribution is -0.137. The van der Waals surface area contributed by atoms with Gasteiger partial charge in [-0.15, -0.1) is 0 Å². The van der Waals surface area contributed by atoms with Gasteiger partial charge in [-0.3, -0.25) is 0 Å². The Labute approximate surface area is 158 Å². The standard InChI is InChI=1S/C19H17ClF3N3O/c20-17-4-3-14(10-16(17)19(21,22)23)27-15-8-13(9-15)25-11-12-2-1-6-26-7-5-24-18(12)26/h1-7,10,13,15,25H,8-9,11H2/t13-,15-. The van der Waals surface area contributed by atoms with Crippen molar-refractivity contribution in [3.63, 3.8) is 0 Å². The summed E-state index contributed by atoms with van der Waals surface area (Å²) in [6.45, 7) is 0.678. The van der Waals surface area contributed by atoms with Gasteiger partial charge in [0.05, 0.1) is 10.6 Å². The summed E-state index contributed by atoms with van der Waals surface area (Å²) in [5, 5.41) is 3.12. The molecule has 4 rings (SSSR count). The number of imidazole rings is 1. The second-order valence-corrected chi connectivity index (χ2v) is 7.03. The molecule has 0 amide bonds. The fraction of sp³-hybridized carbons (Fsp3) is 0.316. The predicted molar refractivity (Wildman–Crippen MR) is 95.9 cm³/mol. The molecular formula is C19H17ClF3N3O. The molecular weight excluding hydrogens is 379 g/mol. The molecule has 1 N–H and O–H groups in total. The van der Waals surface area contributed by atoms with E-state index in [9.17, 15) is 13.2 Å². The molecule has 3 aromatic rings. The maximum absolute atomic E-state index is 12.9. The smallest absolute Gasteiger partial charge is 0.417 e. The number of pyridine rings is 1. The Balaban J connectivity index is 1.31. The van der Waals surface area contributed by atoms with Crippen molar-refractivity contribution < 1.29 is 17.9 Å². The number of aromatic nitrogens is 2. The highest BCUT2D eigenvalue weighted by molar-refractivity contribution is 6.31. The van der Waals surface area contributed by atoms with E-state index in [1.807, 2.05) is 28.9 Å². The number of benzene rings is 1. The minimum Gasteiger partial charge on any atom is -0.490 e. The minimum atomic E-state index is -4.49. The number of nitrogens with one attached hydrogen (secondary N) is 1. The Kier molecular flexibility index (Phi) is 4.74. The number of alkyl halides is 3. The highest BCUT2D eigenvalue weighted by Crippen LogP contribution is 2.37. The van der Waals surface area contributed by atoms with Crippen molar-refractivity contribution in [1.82, 2.24) is 14.7 Å². The zero-order valence-corrected chi connectivity index (χ0v) is 15.0. The zero-order chi connectivity index (χ0) is 19.0. The van der Waals surface area contributed by atoms with Gasteiger partial charge in [-0.25, -0.2) is 4.98 Å². The van der Waals surface area contributed by atoms with Crippen LogP contribution in [0.2, 0.25) is 5.02 Å². The molecule has 4 nitrogen and oxygen atoms in total. The van der Waals surface area contributed by atoms with Crippen LogP contribution >= 0.6 is 11.6 Å². The zero-order valence-electron chi connectivity index (χ0n) is 14.2. The van der Waals surface area contributed by atoms with Crippen LogP contribution in [0.5, 0.6) is 5.75 Å². The van der Waals surface area contributed by atoms with Gasteiger partial charge in [-0.2, -0.15) is 13.2 Å². The lowest BCUT2D eigenvalue weighted by Crippen LogP contribution is -2.46. The van der Waals surface area contributed by atoms with E-state index in [2.05, 4.69) is 10.3 Å². The topological polar surface area (TPSA) is 38.6 Å². The van der Waals surface area contributed by atoms with Crippen LogP contribution in [0.15, 0.2) is 48.9 Å². The van der Waals surface area contributed by atoms with Gasteiger partial charge in [0.1, 0.15) is 17.5 Å². The number of hydrogen-bond acceptors (Lipinski definition) is 3. The first-order chi connectivity index (χ1) is 12.9. The summed E-state index contributed by atoms with van der Waals surface area (Å²) in [6.07, 6.45) is 2.48. The van der Waals surface area contributed by atoms with E-state index >= 15 is 0 Å². The molecule has 0 bridgehead atoms. The summed E-state index contributed by atoms with van der Waals surface area (Å²) in [5.74, 6) is 0.192. The lowest BCUT2D eigenvalue weighted by atomic mass is 9.89. The number of nitrogens with zero attached hydrogens (tertiary/aromatic N) is 2. The van der Waals surface area contributed by atoms with E-state index < -0.39 is 11.7 Å². The van der Waals surface area contributed by atoms with Gasteiger partial charge in [0.25, 0.3) is 0 Å². The highest BCUT2D eigenvalue weighted by Gasteiger charge is 2.35. The van der Waals surface area contributed by atoms with Crippen LogP contribution in [0.4, 0.5) is 13.2 Å². The molecule has 1 fully saturated rings. The maximum atomic E-state index is 12.9. The minimum absolute atomic E-state index is 0.105. The number of fused-ring (bicyclic) bond motifs is 1. The summed E-state index contributed by atoms with van der Waals surface area (Å²) in [5.41, 5.74) is 1.14. The van der Waals surface area contributed by atoms with Crippen molar-refractivity contribution in [2.75, 3.05) is 0 Å². The molecule has 1 saturated carbocycles. The quantitative estimate of drug-likeness (QED) is 0.680. The van der Waals surface area contributed by atoms with Gasteiger partial charge in [0, 0.05) is 36.7 Å². The van der Waals surface area contributed by atoms with Gasteiger partial charge in [-0.1, -0.05) is 17.7 Å². The SMILES string of the molecule is FC(F)(F)c1cc(O[C@H]2C[C@H](NCc3cccn4ccnc34)C2)ccc1Cl. The van der Waals surface area contributed by atoms with E-state index in [0.717, 1.165) is 30.1 Å². The van der Waals surface area contributed by atoms with Crippen LogP contribution in [-0.4, -0.2) is 21.5 Å². The van der Waals surface area contributed by atoms with Crippen molar-refractivity contribution in [2.24, 2.45) is 0 Å². The van der Waals surface area contributed by atoms with Crippen molar-refractivity contribution in [3.8, 4) is 5.75 Å². The molecule has 0 atom stereocenters. The van der Waals surface area contributed by atoms with E-state index in [1.165, 1.54) is 12.1 Å². The van der Waals surface area contributed by atoms with Gasteiger partial charge in [0.2, 0.25) is 0 Å². The van der Waals surface area contributed by atoms with Crippen molar-refractivity contribution in [3.05, 3.63) is 65.1 Å². The number of halogens is 4. The van der Waals surface area contributed by atoms with Crippen LogP contribution in [-0.2, 0) is 12.7 Å². The third-order valence-corrected chi connectivity index (χ3v) is 5.05. The molecule has 0 unspecified atom stereocenters. The van der Waals surface area contributed by atoms with Crippen molar-refractivity contribution in [1.29, 1.82) is 0 Å². The Morgan fingerprint density at radius 3 is 2.81 bits per heavy atom. The molecule has 0 aliphatic heterocycles. The Hall–Kier alpha value is -2.25. The summed E-state index contributed by atoms with van der Waals surface area (Å²) < 4.78 is 46.4. The van der Waals surface area contributed by atoms with E-state index in [0.29, 0.717) is 6.54 Å². The second-order valence-electron chi connectivity index (χ2n) is 6.62. The third kappa shape index (κ3) is 3.89. The molecule has 142 valence electrons. The molecule has 8 heteroatoms. The summed E-state index contributed by atoms with van der Waals surface area (Å²) >= 11 is 5.63. The number of ether oxygens (including phenoxy) is 1. The van der Waals surface area contributed by atoms with E-state index in [-0.39, 0.29) is 22.9 Å². The maximum Gasteiger partial charge on any atom is 0.417 e. The molecule has 0 radical (unpaired) electrons. The first-order valence-corrected chi connectivity index (χ1v) is 8.95. The highest BCUT2D eigenvalue weighted by atomic mass is 35.5. The molecule has 0 saturated heterocycles. The van der Waals surface area contributed by atoms with Crippen LogP contribution in [0, 0.1) is 0 Å². The number of rotatable bonds is 5.